The zero-order valence-electron chi connectivity index (χ0n) is 19.7. The predicted octanol–water partition coefficient (Wildman–Crippen LogP) is 4.46. The van der Waals surface area contributed by atoms with Gasteiger partial charge in [0.05, 0.1) is 11.9 Å². The third kappa shape index (κ3) is 5.28. The van der Waals surface area contributed by atoms with Gasteiger partial charge >= 0.3 is 0 Å². The molecule has 176 valence electrons. The van der Waals surface area contributed by atoms with Crippen molar-refractivity contribution in [2.24, 2.45) is 5.92 Å². The van der Waals surface area contributed by atoms with Gasteiger partial charge in [-0.1, -0.05) is 38.0 Å². The van der Waals surface area contributed by atoms with Crippen molar-refractivity contribution in [1.82, 2.24) is 19.7 Å². The summed E-state index contributed by atoms with van der Waals surface area (Å²) < 4.78 is 1.97. The van der Waals surface area contributed by atoms with E-state index < -0.39 is 0 Å². The highest BCUT2D eigenvalue weighted by Gasteiger charge is 2.23. The Bertz CT molecular complexity index is 1440. The number of carbonyl (C=O) groups is 1. The maximum Gasteiger partial charge on any atom is 0.251 e. The van der Waals surface area contributed by atoms with Crippen LogP contribution in [-0.2, 0) is 0 Å². The standard InChI is InChI=1S/C28H27N5O2/c1-18(2)15-29-26-27-30-16-25(20-7-9-21(10-8-20)28(35)32-22-12-13-22)33(27)17-23(31-26)11-6-19-4-3-5-24(34)14-19/h3-5,7-10,14,16-18,22,34H,12-13,15H2,1-2H3,(H,29,31)(H,32,35). The lowest BCUT2D eigenvalue weighted by molar-refractivity contribution is 0.0951. The molecule has 2 heterocycles. The molecule has 0 aliphatic heterocycles. The number of carbonyl (C=O) groups excluding carboxylic acids is 1. The smallest absolute Gasteiger partial charge is 0.251 e. The van der Waals surface area contributed by atoms with Crippen LogP contribution in [0.2, 0.25) is 0 Å². The van der Waals surface area contributed by atoms with E-state index in [1.165, 1.54) is 0 Å². The fourth-order valence-corrected chi connectivity index (χ4v) is 3.69. The van der Waals surface area contributed by atoms with Crippen molar-refractivity contribution in [2.75, 3.05) is 11.9 Å². The Balaban J connectivity index is 1.51. The van der Waals surface area contributed by atoms with Gasteiger partial charge in [-0.3, -0.25) is 9.20 Å². The van der Waals surface area contributed by atoms with Gasteiger partial charge in [-0.15, -0.1) is 0 Å². The second kappa shape index (κ2) is 9.51. The Kier molecular flexibility index (Phi) is 6.11. The summed E-state index contributed by atoms with van der Waals surface area (Å²) in [6.45, 7) is 5.01. The molecule has 1 saturated carbocycles. The van der Waals surface area contributed by atoms with E-state index in [9.17, 15) is 9.90 Å². The first-order chi connectivity index (χ1) is 17.0. The number of nitrogens with one attached hydrogen (secondary N) is 2. The summed E-state index contributed by atoms with van der Waals surface area (Å²) in [5.74, 6) is 7.41. The minimum absolute atomic E-state index is 0.0360. The van der Waals surface area contributed by atoms with Crippen molar-refractivity contribution < 1.29 is 9.90 Å². The van der Waals surface area contributed by atoms with E-state index >= 15 is 0 Å². The van der Waals surface area contributed by atoms with Crippen LogP contribution in [-0.4, -0.2) is 38.0 Å². The lowest BCUT2D eigenvalue weighted by Gasteiger charge is -2.11. The molecule has 2 aromatic heterocycles. The number of amides is 1. The van der Waals surface area contributed by atoms with Crippen LogP contribution in [0.25, 0.3) is 16.9 Å². The predicted molar refractivity (Wildman–Crippen MR) is 136 cm³/mol. The number of nitrogens with zero attached hydrogens (tertiary/aromatic N) is 3. The molecular weight excluding hydrogens is 438 g/mol. The molecule has 2 aromatic carbocycles. The van der Waals surface area contributed by atoms with Crippen LogP contribution in [0.5, 0.6) is 5.75 Å². The number of rotatable bonds is 6. The number of aromatic hydroxyl groups is 1. The van der Waals surface area contributed by atoms with E-state index in [-0.39, 0.29) is 11.7 Å². The third-order valence-corrected chi connectivity index (χ3v) is 5.71. The quantitative estimate of drug-likeness (QED) is 0.366. The molecule has 0 unspecified atom stereocenters. The summed E-state index contributed by atoms with van der Waals surface area (Å²) in [5.41, 5.74) is 4.45. The molecule has 1 aliphatic carbocycles. The highest BCUT2D eigenvalue weighted by atomic mass is 16.3. The molecule has 35 heavy (non-hydrogen) atoms. The van der Waals surface area contributed by atoms with Gasteiger partial charge in [-0.2, -0.15) is 0 Å². The first-order valence-electron chi connectivity index (χ1n) is 11.8. The summed E-state index contributed by atoms with van der Waals surface area (Å²) >= 11 is 0. The largest absolute Gasteiger partial charge is 0.508 e. The van der Waals surface area contributed by atoms with Gasteiger partial charge in [-0.05, 0) is 55.0 Å². The molecule has 0 bridgehead atoms. The van der Waals surface area contributed by atoms with Crippen LogP contribution >= 0.6 is 0 Å². The van der Waals surface area contributed by atoms with Crippen LogP contribution in [0.3, 0.4) is 0 Å². The van der Waals surface area contributed by atoms with E-state index in [1.54, 1.807) is 18.2 Å². The molecule has 1 aliphatic rings. The van der Waals surface area contributed by atoms with E-state index in [2.05, 4.69) is 41.3 Å². The van der Waals surface area contributed by atoms with Crippen molar-refractivity contribution in [1.29, 1.82) is 0 Å². The fraction of sp³-hybridized carbons (Fsp3) is 0.250. The minimum atomic E-state index is -0.0360. The molecule has 0 saturated heterocycles. The van der Waals surface area contributed by atoms with E-state index in [4.69, 9.17) is 4.98 Å². The molecule has 0 radical (unpaired) electrons. The lowest BCUT2D eigenvalue weighted by Crippen LogP contribution is -2.25. The van der Waals surface area contributed by atoms with Crippen molar-refractivity contribution >= 4 is 17.4 Å². The monoisotopic (exact) mass is 465 g/mol. The Hall–Kier alpha value is -4.31. The summed E-state index contributed by atoms with van der Waals surface area (Å²) in [7, 11) is 0. The summed E-state index contributed by atoms with van der Waals surface area (Å²) in [4.78, 5) is 21.7. The molecule has 0 atom stereocenters. The van der Waals surface area contributed by atoms with E-state index in [0.29, 0.717) is 40.2 Å². The number of phenols is 1. The SMILES string of the molecule is CC(C)CNc1nc(C#Cc2cccc(O)c2)cn2c(-c3ccc(C(=O)NC4CC4)cc3)cnc12. The first kappa shape index (κ1) is 22.5. The molecule has 3 N–H and O–H groups in total. The lowest BCUT2D eigenvalue weighted by atomic mass is 10.1. The fourth-order valence-electron chi connectivity index (χ4n) is 3.69. The summed E-state index contributed by atoms with van der Waals surface area (Å²) in [6.07, 6.45) is 5.79. The highest BCUT2D eigenvalue weighted by molar-refractivity contribution is 5.95. The average Bonchev–Trinajstić information content (AvgIpc) is 3.56. The van der Waals surface area contributed by atoms with Crippen molar-refractivity contribution in [3.8, 4) is 28.8 Å². The Morgan fingerprint density at radius 3 is 2.69 bits per heavy atom. The minimum Gasteiger partial charge on any atom is -0.508 e. The van der Waals surface area contributed by atoms with Gasteiger partial charge in [0.2, 0.25) is 0 Å². The Morgan fingerprint density at radius 2 is 1.97 bits per heavy atom. The van der Waals surface area contributed by atoms with Gasteiger partial charge in [0.25, 0.3) is 5.91 Å². The molecule has 1 amide bonds. The van der Waals surface area contributed by atoms with E-state index in [0.717, 1.165) is 30.6 Å². The van der Waals surface area contributed by atoms with Crippen LogP contribution in [0.15, 0.2) is 60.9 Å². The number of anilines is 1. The first-order valence-corrected chi connectivity index (χ1v) is 11.8. The number of benzene rings is 2. The van der Waals surface area contributed by atoms with Crippen LogP contribution in [0, 0.1) is 17.8 Å². The molecular formula is C28H27N5O2. The third-order valence-electron chi connectivity index (χ3n) is 5.71. The Labute approximate surface area is 204 Å². The maximum absolute atomic E-state index is 12.4. The molecule has 4 aromatic rings. The Morgan fingerprint density at radius 1 is 1.17 bits per heavy atom. The van der Waals surface area contributed by atoms with Gasteiger partial charge < -0.3 is 15.7 Å². The number of imidazole rings is 1. The molecule has 7 heteroatoms. The number of phenolic OH excluding ortho intramolecular Hbond substituents is 1. The maximum atomic E-state index is 12.4. The van der Waals surface area contributed by atoms with E-state index in [1.807, 2.05) is 47.1 Å². The summed E-state index contributed by atoms with van der Waals surface area (Å²) in [6, 6.07) is 14.7. The number of hydrogen-bond acceptors (Lipinski definition) is 5. The van der Waals surface area contributed by atoms with Gasteiger partial charge in [0.1, 0.15) is 11.4 Å². The molecule has 5 rings (SSSR count). The average molecular weight is 466 g/mol. The number of hydrogen-bond donors (Lipinski definition) is 3. The van der Waals surface area contributed by atoms with Crippen molar-refractivity contribution in [2.45, 2.75) is 32.7 Å². The second-order valence-corrected chi connectivity index (χ2v) is 9.21. The second-order valence-electron chi connectivity index (χ2n) is 9.21. The van der Waals surface area contributed by atoms with Crippen molar-refractivity contribution in [3.63, 3.8) is 0 Å². The van der Waals surface area contributed by atoms with Crippen LogP contribution in [0.4, 0.5) is 5.82 Å². The topological polar surface area (TPSA) is 91.5 Å². The highest BCUT2D eigenvalue weighted by Crippen LogP contribution is 2.25. The van der Waals surface area contributed by atoms with Gasteiger partial charge in [-0.25, -0.2) is 9.97 Å². The van der Waals surface area contributed by atoms with Gasteiger partial charge in [0.15, 0.2) is 11.5 Å². The van der Waals surface area contributed by atoms with Crippen molar-refractivity contribution in [3.05, 3.63) is 77.7 Å². The van der Waals surface area contributed by atoms with Gasteiger partial charge in [0, 0.05) is 35.5 Å². The van der Waals surface area contributed by atoms with Crippen LogP contribution < -0.4 is 10.6 Å². The van der Waals surface area contributed by atoms with Crippen LogP contribution in [0.1, 0.15) is 48.3 Å². The molecule has 7 nitrogen and oxygen atoms in total. The molecule has 1 fully saturated rings. The number of aromatic nitrogens is 3. The normalized spacial score (nSPS) is 12.9. The summed E-state index contributed by atoms with van der Waals surface area (Å²) in [5, 5.41) is 16.1. The zero-order valence-corrected chi connectivity index (χ0v) is 19.7. The number of fused-ring (bicyclic) bond motifs is 1. The molecule has 0 spiro atoms. The zero-order chi connectivity index (χ0) is 24.4.